The normalized spacial score (nSPS) is 22.1. The zero-order valence-electron chi connectivity index (χ0n) is 12.6. The zero-order valence-corrected chi connectivity index (χ0v) is 12.6. The second-order valence-corrected chi connectivity index (χ2v) is 6.25. The molecule has 2 aromatic carbocycles. The Morgan fingerprint density at radius 3 is 2.71 bits per heavy atom. The predicted octanol–water partition coefficient (Wildman–Crippen LogP) is 4.08. The lowest BCUT2D eigenvalue weighted by Crippen LogP contribution is -2.41. The highest BCUT2D eigenvalue weighted by Crippen LogP contribution is 2.24. The van der Waals surface area contributed by atoms with Gasteiger partial charge in [0.1, 0.15) is 0 Å². The fourth-order valence-corrected chi connectivity index (χ4v) is 3.41. The summed E-state index contributed by atoms with van der Waals surface area (Å²) in [6.07, 6.45) is 5.38. The number of benzene rings is 2. The van der Waals surface area contributed by atoms with E-state index in [1.165, 1.54) is 30.0 Å². The topological polar surface area (TPSA) is 29.1 Å². The standard InChI is InChI=1S/C19H23NO/c1-14-7-2-5-12-18(14)20-19(21)13-16-10-6-9-15-8-3-4-11-17(15)16/h3-4,6,8-11,14,18H,2,5,7,12-13H2,1H3,(H,20,21)/t14-,18-/m0/s1. The van der Waals surface area contributed by atoms with Crippen molar-refractivity contribution in [3.8, 4) is 0 Å². The first kappa shape index (κ1) is 14.1. The Morgan fingerprint density at radius 1 is 1.10 bits per heavy atom. The Kier molecular flexibility index (Phi) is 4.23. The molecular formula is C19H23NO. The number of amides is 1. The van der Waals surface area contributed by atoms with E-state index in [2.05, 4.69) is 36.5 Å². The Balaban J connectivity index is 1.71. The van der Waals surface area contributed by atoms with Crippen LogP contribution in [0.15, 0.2) is 42.5 Å². The summed E-state index contributed by atoms with van der Waals surface area (Å²) in [7, 11) is 0. The maximum atomic E-state index is 12.4. The molecule has 2 nitrogen and oxygen atoms in total. The molecule has 1 saturated carbocycles. The Labute approximate surface area is 126 Å². The number of hydrogen-bond donors (Lipinski definition) is 1. The van der Waals surface area contributed by atoms with Crippen LogP contribution in [0, 0.1) is 5.92 Å². The third-order valence-electron chi connectivity index (χ3n) is 4.69. The molecule has 0 spiro atoms. The smallest absolute Gasteiger partial charge is 0.224 e. The lowest BCUT2D eigenvalue weighted by molar-refractivity contribution is -0.121. The molecule has 110 valence electrons. The van der Waals surface area contributed by atoms with Crippen LogP contribution in [0.25, 0.3) is 10.8 Å². The molecule has 2 aromatic rings. The van der Waals surface area contributed by atoms with Crippen LogP contribution in [0.2, 0.25) is 0 Å². The van der Waals surface area contributed by atoms with Gasteiger partial charge in [0.2, 0.25) is 5.91 Å². The molecule has 0 aromatic heterocycles. The number of nitrogens with one attached hydrogen (secondary N) is 1. The van der Waals surface area contributed by atoms with Crippen LogP contribution >= 0.6 is 0 Å². The Hall–Kier alpha value is -1.83. The van der Waals surface area contributed by atoms with Crippen molar-refractivity contribution < 1.29 is 4.79 Å². The van der Waals surface area contributed by atoms with Crippen molar-refractivity contribution >= 4 is 16.7 Å². The van der Waals surface area contributed by atoms with Gasteiger partial charge in [-0.05, 0) is 35.1 Å². The van der Waals surface area contributed by atoms with E-state index < -0.39 is 0 Å². The summed E-state index contributed by atoms with van der Waals surface area (Å²) in [5.41, 5.74) is 1.12. The molecule has 0 heterocycles. The summed E-state index contributed by atoms with van der Waals surface area (Å²) in [5, 5.41) is 5.63. The second-order valence-electron chi connectivity index (χ2n) is 6.25. The molecule has 0 unspecified atom stereocenters. The number of rotatable bonds is 3. The largest absolute Gasteiger partial charge is 0.353 e. The van der Waals surface area contributed by atoms with Gasteiger partial charge in [0.15, 0.2) is 0 Å². The first-order valence-electron chi connectivity index (χ1n) is 8.00. The lowest BCUT2D eigenvalue weighted by atomic mass is 9.86. The molecule has 0 radical (unpaired) electrons. The monoisotopic (exact) mass is 281 g/mol. The van der Waals surface area contributed by atoms with E-state index in [4.69, 9.17) is 0 Å². The minimum atomic E-state index is 0.158. The average molecular weight is 281 g/mol. The van der Waals surface area contributed by atoms with Crippen LogP contribution in [0.3, 0.4) is 0 Å². The second kappa shape index (κ2) is 6.30. The van der Waals surface area contributed by atoms with Crippen molar-refractivity contribution in [1.82, 2.24) is 5.32 Å². The third-order valence-corrected chi connectivity index (χ3v) is 4.69. The molecule has 2 heteroatoms. The molecule has 1 amide bonds. The van der Waals surface area contributed by atoms with Gasteiger partial charge in [0.25, 0.3) is 0 Å². The fourth-order valence-electron chi connectivity index (χ4n) is 3.41. The highest BCUT2D eigenvalue weighted by Gasteiger charge is 2.22. The van der Waals surface area contributed by atoms with Gasteiger partial charge in [0.05, 0.1) is 6.42 Å². The van der Waals surface area contributed by atoms with Gasteiger partial charge in [-0.1, -0.05) is 62.2 Å². The molecule has 0 bridgehead atoms. The number of fused-ring (bicyclic) bond motifs is 1. The van der Waals surface area contributed by atoms with E-state index in [1.807, 2.05) is 18.2 Å². The highest BCUT2D eigenvalue weighted by atomic mass is 16.1. The first-order valence-corrected chi connectivity index (χ1v) is 8.00. The van der Waals surface area contributed by atoms with Crippen LogP contribution in [0.1, 0.15) is 38.2 Å². The molecule has 1 aliphatic rings. The van der Waals surface area contributed by atoms with Gasteiger partial charge < -0.3 is 5.32 Å². The molecule has 0 aliphatic heterocycles. The molecule has 1 N–H and O–H groups in total. The maximum Gasteiger partial charge on any atom is 0.224 e. The number of hydrogen-bond acceptors (Lipinski definition) is 1. The van der Waals surface area contributed by atoms with Crippen molar-refractivity contribution in [2.75, 3.05) is 0 Å². The van der Waals surface area contributed by atoms with E-state index in [1.54, 1.807) is 0 Å². The van der Waals surface area contributed by atoms with E-state index in [0.717, 1.165) is 12.0 Å². The van der Waals surface area contributed by atoms with Gasteiger partial charge in [-0.2, -0.15) is 0 Å². The van der Waals surface area contributed by atoms with Crippen LogP contribution < -0.4 is 5.32 Å². The molecule has 0 saturated heterocycles. The fraction of sp³-hybridized carbons (Fsp3) is 0.421. The minimum Gasteiger partial charge on any atom is -0.353 e. The van der Waals surface area contributed by atoms with E-state index in [0.29, 0.717) is 18.4 Å². The zero-order chi connectivity index (χ0) is 14.7. The highest BCUT2D eigenvalue weighted by molar-refractivity contribution is 5.90. The van der Waals surface area contributed by atoms with Gasteiger partial charge >= 0.3 is 0 Å². The first-order chi connectivity index (χ1) is 10.2. The Bertz CT molecular complexity index is 629. The summed E-state index contributed by atoms with van der Waals surface area (Å²) in [6.45, 7) is 2.25. The van der Waals surface area contributed by atoms with Crippen molar-refractivity contribution in [3.63, 3.8) is 0 Å². The predicted molar refractivity (Wildman–Crippen MR) is 87.2 cm³/mol. The van der Waals surface area contributed by atoms with Crippen molar-refractivity contribution in [1.29, 1.82) is 0 Å². The third kappa shape index (κ3) is 3.26. The van der Waals surface area contributed by atoms with Crippen molar-refractivity contribution in [2.24, 2.45) is 5.92 Å². The number of carbonyl (C=O) groups excluding carboxylic acids is 1. The van der Waals surface area contributed by atoms with Crippen molar-refractivity contribution in [2.45, 2.75) is 45.1 Å². The molecular weight excluding hydrogens is 258 g/mol. The maximum absolute atomic E-state index is 12.4. The minimum absolute atomic E-state index is 0.158. The molecule has 1 aliphatic carbocycles. The van der Waals surface area contributed by atoms with E-state index >= 15 is 0 Å². The molecule has 2 atom stereocenters. The Morgan fingerprint density at radius 2 is 1.86 bits per heavy atom. The summed E-state index contributed by atoms with van der Waals surface area (Å²) in [4.78, 5) is 12.4. The summed E-state index contributed by atoms with van der Waals surface area (Å²) >= 11 is 0. The van der Waals surface area contributed by atoms with Gasteiger partial charge in [-0.15, -0.1) is 0 Å². The van der Waals surface area contributed by atoms with Crippen LogP contribution in [-0.4, -0.2) is 11.9 Å². The quantitative estimate of drug-likeness (QED) is 0.902. The summed E-state index contributed by atoms with van der Waals surface area (Å²) in [5.74, 6) is 0.764. The summed E-state index contributed by atoms with van der Waals surface area (Å²) in [6, 6.07) is 14.8. The molecule has 3 rings (SSSR count). The van der Waals surface area contributed by atoms with E-state index in [-0.39, 0.29) is 5.91 Å². The van der Waals surface area contributed by atoms with Gasteiger partial charge in [0, 0.05) is 6.04 Å². The van der Waals surface area contributed by atoms with E-state index in [9.17, 15) is 4.79 Å². The van der Waals surface area contributed by atoms with Crippen LogP contribution in [0.4, 0.5) is 0 Å². The van der Waals surface area contributed by atoms with Crippen molar-refractivity contribution in [3.05, 3.63) is 48.0 Å². The van der Waals surface area contributed by atoms with Crippen LogP contribution in [-0.2, 0) is 11.2 Å². The SMILES string of the molecule is C[C@H]1CCCC[C@@H]1NC(=O)Cc1cccc2ccccc12. The molecule has 1 fully saturated rings. The van der Waals surface area contributed by atoms with Gasteiger partial charge in [-0.25, -0.2) is 0 Å². The average Bonchev–Trinajstić information content (AvgIpc) is 2.50. The summed E-state index contributed by atoms with van der Waals surface area (Å²) < 4.78 is 0. The van der Waals surface area contributed by atoms with Gasteiger partial charge in [-0.3, -0.25) is 4.79 Å². The number of carbonyl (C=O) groups is 1. The van der Waals surface area contributed by atoms with Crippen LogP contribution in [0.5, 0.6) is 0 Å². The lowest BCUT2D eigenvalue weighted by Gasteiger charge is -2.29. The molecule has 21 heavy (non-hydrogen) atoms.